The van der Waals surface area contributed by atoms with Crippen molar-refractivity contribution >= 4 is 0 Å². The molecule has 0 aromatic heterocycles. The van der Waals surface area contributed by atoms with Gasteiger partial charge in [0.15, 0.2) is 0 Å². The first-order valence-electron chi connectivity index (χ1n) is 7.85. The molecule has 1 saturated carbocycles. The lowest BCUT2D eigenvalue weighted by molar-refractivity contribution is -0.0971. The summed E-state index contributed by atoms with van der Waals surface area (Å²) in [5, 5.41) is 3.54. The molecule has 0 aliphatic heterocycles. The lowest BCUT2D eigenvalue weighted by Crippen LogP contribution is -2.53. The summed E-state index contributed by atoms with van der Waals surface area (Å²) >= 11 is 0. The Labute approximate surface area is 114 Å². The fourth-order valence-corrected chi connectivity index (χ4v) is 3.30. The lowest BCUT2D eigenvalue weighted by Gasteiger charge is -2.45. The van der Waals surface area contributed by atoms with Crippen LogP contribution in [0, 0.1) is 11.8 Å². The number of ether oxygens (including phenoxy) is 1. The van der Waals surface area contributed by atoms with Crippen molar-refractivity contribution in [1.82, 2.24) is 5.32 Å². The molecule has 1 fully saturated rings. The normalized spacial score (nSPS) is 30.7. The summed E-state index contributed by atoms with van der Waals surface area (Å²) in [4.78, 5) is 0. The highest BCUT2D eigenvalue weighted by Gasteiger charge is 2.41. The van der Waals surface area contributed by atoms with Crippen LogP contribution in [0.3, 0.4) is 0 Å². The van der Waals surface area contributed by atoms with Crippen LogP contribution in [0.1, 0.15) is 66.2 Å². The van der Waals surface area contributed by atoms with Crippen molar-refractivity contribution in [3.05, 3.63) is 0 Å². The first-order valence-corrected chi connectivity index (χ1v) is 7.85. The van der Waals surface area contributed by atoms with Gasteiger partial charge in [-0.3, -0.25) is 0 Å². The Morgan fingerprint density at radius 3 is 2.28 bits per heavy atom. The van der Waals surface area contributed by atoms with E-state index in [0.29, 0.717) is 6.04 Å². The van der Waals surface area contributed by atoms with Gasteiger partial charge >= 0.3 is 0 Å². The molecule has 1 aliphatic rings. The molecule has 0 heterocycles. The second kappa shape index (κ2) is 7.49. The smallest absolute Gasteiger partial charge is 0.0834 e. The summed E-state index contributed by atoms with van der Waals surface area (Å²) in [5.74, 6) is 1.66. The minimum Gasteiger partial charge on any atom is -0.374 e. The van der Waals surface area contributed by atoms with Crippen molar-refractivity contribution in [1.29, 1.82) is 0 Å². The topological polar surface area (TPSA) is 21.3 Å². The van der Waals surface area contributed by atoms with E-state index in [1.54, 1.807) is 0 Å². The van der Waals surface area contributed by atoms with Gasteiger partial charge in [0.1, 0.15) is 0 Å². The van der Waals surface area contributed by atoms with E-state index in [4.69, 9.17) is 4.74 Å². The third-order valence-electron chi connectivity index (χ3n) is 4.57. The standard InChI is InChI=1S/C16H33NO/c1-6-18-16(11-9-14(4)10-12-16)15(17-5)8-7-13(2)3/h13-15,17H,6-12H2,1-5H3. The molecule has 1 unspecified atom stereocenters. The highest BCUT2D eigenvalue weighted by Crippen LogP contribution is 2.38. The van der Waals surface area contributed by atoms with Crippen molar-refractivity contribution < 1.29 is 4.74 Å². The predicted molar refractivity (Wildman–Crippen MR) is 78.9 cm³/mol. The molecule has 0 saturated heterocycles. The SMILES string of the molecule is CCOC1(C(CCC(C)C)NC)CCC(C)CC1. The molecule has 1 atom stereocenters. The van der Waals surface area contributed by atoms with E-state index in [2.05, 4.69) is 40.1 Å². The lowest BCUT2D eigenvalue weighted by atomic mass is 9.73. The van der Waals surface area contributed by atoms with Gasteiger partial charge in [0.2, 0.25) is 0 Å². The van der Waals surface area contributed by atoms with Crippen LogP contribution in [0.5, 0.6) is 0 Å². The molecule has 0 aromatic carbocycles. The highest BCUT2D eigenvalue weighted by atomic mass is 16.5. The number of rotatable bonds is 7. The van der Waals surface area contributed by atoms with Gasteiger partial charge in [-0.2, -0.15) is 0 Å². The molecule has 1 aliphatic carbocycles. The van der Waals surface area contributed by atoms with Gasteiger partial charge in [0.05, 0.1) is 5.60 Å². The average Bonchev–Trinajstić information content (AvgIpc) is 2.33. The fourth-order valence-electron chi connectivity index (χ4n) is 3.30. The predicted octanol–water partition coefficient (Wildman–Crippen LogP) is 4.00. The van der Waals surface area contributed by atoms with Crippen LogP contribution in [-0.4, -0.2) is 25.3 Å². The second-order valence-corrected chi connectivity index (χ2v) is 6.49. The van der Waals surface area contributed by atoms with Crippen molar-refractivity contribution in [2.45, 2.75) is 77.9 Å². The van der Waals surface area contributed by atoms with Crippen molar-refractivity contribution in [3.63, 3.8) is 0 Å². The van der Waals surface area contributed by atoms with E-state index < -0.39 is 0 Å². The van der Waals surface area contributed by atoms with Gasteiger partial charge in [-0.15, -0.1) is 0 Å². The van der Waals surface area contributed by atoms with Crippen molar-refractivity contribution in [2.24, 2.45) is 11.8 Å². The summed E-state index contributed by atoms with van der Waals surface area (Å²) in [7, 11) is 2.10. The minimum absolute atomic E-state index is 0.102. The summed E-state index contributed by atoms with van der Waals surface area (Å²) in [6.45, 7) is 9.97. The summed E-state index contributed by atoms with van der Waals surface area (Å²) in [6, 6.07) is 0.521. The molecule has 0 bridgehead atoms. The van der Waals surface area contributed by atoms with Gasteiger partial charge in [0.25, 0.3) is 0 Å². The molecular formula is C16H33NO. The Bertz CT molecular complexity index is 219. The first-order chi connectivity index (χ1) is 8.54. The molecule has 1 N–H and O–H groups in total. The molecule has 2 heteroatoms. The third kappa shape index (κ3) is 4.24. The first kappa shape index (κ1) is 16.0. The van der Waals surface area contributed by atoms with Crippen LogP contribution in [0.4, 0.5) is 0 Å². The number of hydrogen-bond acceptors (Lipinski definition) is 2. The molecule has 108 valence electrons. The van der Waals surface area contributed by atoms with Crippen LogP contribution in [0.15, 0.2) is 0 Å². The Hall–Kier alpha value is -0.0800. The maximum absolute atomic E-state index is 6.24. The Kier molecular flexibility index (Phi) is 6.65. The number of likely N-dealkylation sites (N-methyl/N-ethyl adjacent to an activating group) is 1. The maximum atomic E-state index is 6.24. The molecule has 0 amide bonds. The summed E-state index contributed by atoms with van der Waals surface area (Å²) in [6.07, 6.45) is 7.62. The summed E-state index contributed by atoms with van der Waals surface area (Å²) < 4.78 is 6.24. The molecule has 0 aromatic rings. The largest absolute Gasteiger partial charge is 0.374 e. The molecular weight excluding hydrogens is 222 g/mol. The number of hydrogen-bond donors (Lipinski definition) is 1. The minimum atomic E-state index is 0.102. The number of nitrogens with one attached hydrogen (secondary N) is 1. The fraction of sp³-hybridized carbons (Fsp3) is 1.00. The van der Waals surface area contributed by atoms with Crippen LogP contribution in [0.2, 0.25) is 0 Å². The van der Waals surface area contributed by atoms with E-state index >= 15 is 0 Å². The maximum Gasteiger partial charge on any atom is 0.0834 e. The summed E-state index contributed by atoms with van der Waals surface area (Å²) in [5.41, 5.74) is 0.102. The van der Waals surface area contributed by atoms with Crippen LogP contribution in [-0.2, 0) is 4.74 Å². The van der Waals surface area contributed by atoms with Gasteiger partial charge in [-0.05, 0) is 64.3 Å². The van der Waals surface area contributed by atoms with Gasteiger partial charge < -0.3 is 10.1 Å². The third-order valence-corrected chi connectivity index (χ3v) is 4.57. The highest BCUT2D eigenvalue weighted by molar-refractivity contribution is 4.96. The van der Waals surface area contributed by atoms with Crippen LogP contribution in [0.25, 0.3) is 0 Å². The zero-order valence-corrected chi connectivity index (χ0v) is 13.1. The Morgan fingerprint density at radius 1 is 1.22 bits per heavy atom. The molecule has 18 heavy (non-hydrogen) atoms. The monoisotopic (exact) mass is 255 g/mol. The zero-order chi connectivity index (χ0) is 13.6. The Balaban J connectivity index is 2.67. The van der Waals surface area contributed by atoms with E-state index in [0.717, 1.165) is 18.4 Å². The van der Waals surface area contributed by atoms with E-state index in [9.17, 15) is 0 Å². The van der Waals surface area contributed by atoms with Gasteiger partial charge in [-0.1, -0.05) is 20.8 Å². The van der Waals surface area contributed by atoms with Crippen LogP contribution >= 0.6 is 0 Å². The second-order valence-electron chi connectivity index (χ2n) is 6.49. The van der Waals surface area contributed by atoms with Crippen molar-refractivity contribution in [3.8, 4) is 0 Å². The quantitative estimate of drug-likeness (QED) is 0.742. The average molecular weight is 255 g/mol. The molecule has 1 rings (SSSR count). The molecule has 0 spiro atoms. The Morgan fingerprint density at radius 2 is 1.83 bits per heavy atom. The van der Waals surface area contributed by atoms with E-state index in [1.165, 1.54) is 38.5 Å². The molecule has 0 radical (unpaired) electrons. The van der Waals surface area contributed by atoms with Crippen molar-refractivity contribution in [2.75, 3.05) is 13.7 Å². The zero-order valence-electron chi connectivity index (χ0n) is 13.1. The van der Waals surface area contributed by atoms with E-state index in [-0.39, 0.29) is 5.60 Å². The van der Waals surface area contributed by atoms with E-state index in [1.807, 2.05) is 0 Å². The molecule has 2 nitrogen and oxygen atoms in total. The van der Waals surface area contributed by atoms with Gasteiger partial charge in [0, 0.05) is 12.6 Å². The van der Waals surface area contributed by atoms with Crippen LogP contribution < -0.4 is 5.32 Å². The van der Waals surface area contributed by atoms with Gasteiger partial charge in [-0.25, -0.2) is 0 Å².